The highest BCUT2D eigenvalue weighted by atomic mass is 19.1. The van der Waals surface area contributed by atoms with Crippen LogP contribution < -0.4 is 9.84 Å². The molecule has 0 atom stereocenters. The van der Waals surface area contributed by atoms with Crippen molar-refractivity contribution in [3.63, 3.8) is 0 Å². The zero-order valence-corrected chi connectivity index (χ0v) is 9.64. The first-order valence-corrected chi connectivity index (χ1v) is 5.27. The average molecular weight is 245 g/mol. The van der Waals surface area contributed by atoms with Crippen molar-refractivity contribution < 1.29 is 19.0 Å². The van der Waals surface area contributed by atoms with Crippen LogP contribution in [-0.2, 0) is 0 Å². The number of carboxylic acid groups (broad SMARTS) is 1. The van der Waals surface area contributed by atoms with Gasteiger partial charge in [-0.1, -0.05) is 18.2 Å². The van der Waals surface area contributed by atoms with E-state index in [4.69, 9.17) is 4.74 Å². The first-order chi connectivity index (χ1) is 8.61. The van der Waals surface area contributed by atoms with E-state index in [2.05, 4.69) is 0 Å². The van der Waals surface area contributed by atoms with E-state index in [9.17, 15) is 14.3 Å². The molecule has 0 N–H and O–H groups in total. The van der Waals surface area contributed by atoms with Crippen LogP contribution in [0.1, 0.15) is 10.4 Å². The summed E-state index contributed by atoms with van der Waals surface area (Å²) in [5, 5.41) is 10.8. The summed E-state index contributed by atoms with van der Waals surface area (Å²) in [6, 6.07) is 10.2. The predicted octanol–water partition coefficient (Wildman–Crippen LogP) is 1.86. The quantitative estimate of drug-likeness (QED) is 0.829. The molecule has 92 valence electrons. The Balaban J connectivity index is 2.57. The SMILES string of the molecule is COc1ccc(F)cc1-c1cccc(C(=O)[O-])c1. The molecule has 18 heavy (non-hydrogen) atoms. The lowest BCUT2D eigenvalue weighted by Crippen LogP contribution is -2.22. The highest BCUT2D eigenvalue weighted by molar-refractivity contribution is 5.88. The summed E-state index contributed by atoms with van der Waals surface area (Å²) in [5.41, 5.74) is 1.10. The van der Waals surface area contributed by atoms with E-state index in [1.54, 1.807) is 12.1 Å². The first kappa shape index (κ1) is 12.1. The van der Waals surface area contributed by atoms with Gasteiger partial charge >= 0.3 is 0 Å². The molecular weight excluding hydrogens is 235 g/mol. The molecule has 0 spiro atoms. The van der Waals surface area contributed by atoms with Crippen LogP contribution in [0, 0.1) is 5.82 Å². The van der Waals surface area contributed by atoms with Gasteiger partial charge in [0.2, 0.25) is 0 Å². The zero-order chi connectivity index (χ0) is 13.1. The van der Waals surface area contributed by atoms with Crippen LogP contribution in [0.25, 0.3) is 11.1 Å². The molecule has 0 saturated heterocycles. The molecule has 0 aliphatic heterocycles. The summed E-state index contributed by atoms with van der Waals surface area (Å²) in [5.74, 6) is -1.20. The number of carboxylic acids is 1. The number of carbonyl (C=O) groups is 1. The molecule has 0 aliphatic carbocycles. The molecule has 3 nitrogen and oxygen atoms in total. The molecule has 0 fully saturated rings. The smallest absolute Gasteiger partial charge is 0.126 e. The molecule has 0 aliphatic rings. The Morgan fingerprint density at radius 2 is 2.00 bits per heavy atom. The lowest BCUT2D eigenvalue weighted by molar-refractivity contribution is -0.255. The fourth-order valence-corrected chi connectivity index (χ4v) is 1.72. The Morgan fingerprint density at radius 1 is 1.22 bits per heavy atom. The molecule has 0 aromatic heterocycles. The van der Waals surface area contributed by atoms with Crippen molar-refractivity contribution in [3.05, 3.63) is 53.8 Å². The molecular formula is C14H10FO3-. The van der Waals surface area contributed by atoms with Crippen molar-refractivity contribution >= 4 is 5.97 Å². The second kappa shape index (κ2) is 4.87. The maximum Gasteiger partial charge on any atom is 0.126 e. The van der Waals surface area contributed by atoms with Crippen LogP contribution in [0.5, 0.6) is 5.75 Å². The van der Waals surface area contributed by atoms with E-state index in [0.717, 1.165) is 0 Å². The van der Waals surface area contributed by atoms with E-state index in [0.29, 0.717) is 16.9 Å². The normalized spacial score (nSPS) is 10.1. The molecule has 2 aromatic carbocycles. The summed E-state index contributed by atoms with van der Waals surface area (Å²) in [7, 11) is 1.47. The van der Waals surface area contributed by atoms with Gasteiger partial charge in [0.25, 0.3) is 0 Å². The Morgan fingerprint density at radius 3 is 2.67 bits per heavy atom. The van der Waals surface area contributed by atoms with E-state index in [-0.39, 0.29) is 5.56 Å². The lowest BCUT2D eigenvalue weighted by Gasteiger charge is -2.10. The first-order valence-electron chi connectivity index (χ1n) is 5.27. The van der Waals surface area contributed by atoms with E-state index >= 15 is 0 Å². The molecule has 0 heterocycles. The maximum atomic E-state index is 13.2. The summed E-state index contributed by atoms with van der Waals surface area (Å²) in [6.07, 6.45) is 0. The minimum Gasteiger partial charge on any atom is -0.545 e. The topological polar surface area (TPSA) is 49.4 Å². The van der Waals surface area contributed by atoms with Gasteiger partial charge in [-0.25, -0.2) is 4.39 Å². The molecule has 0 radical (unpaired) electrons. The van der Waals surface area contributed by atoms with Crippen molar-refractivity contribution in [3.8, 4) is 16.9 Å². The van der Waals surface area contributed by atoms with Gasteiger partial charge in [-0.2, -0.15) is 0 Å². The van der Waals surface area contributed by atoms with E-state index in [1.165, 1.54) is 37.4 Å². The van der Waals surface area contributed by atoms with E-state index in [1.807, 2.05) is 0 Å². The molecule has 0 bridgehead atoms. The Labute approximate surface area is 103 Å². The second-order valence-corrected chi connectivity index (χ2v) is 3.71. The Hall–Kier alpha value is -2.36. The second-order valence-electron chi connectivity index (χ2n) is 3.71. The summed E-state index contributed by atoms with van der Waals surface area (Å²) in [6.45, 7) is 0. The van der Waals surface area contributed by atoms with Crippen molar-refractivity contribution in [2.45, 2.75) is 0 Å². The van der Waals surface area contributed by atoms with Gasteiger partial charge in [0.15, 0.2) is 0 Å². The van der Waals surface area contributed by atoms with Crippen molar-refractivity contribution in [2.75, 3.05) is 7.11 Å². The van der Waals surface area contributed by atoms with Crippen LogP contribution in [0.2, 0.25) is 0 Å². The minimum absolute atomic E-state index is 0.0406. The van der Waals surface area contributed by atoms with Gasteiger partial charge < -0.3 is 14.6 Å². The van der Waals surface area contributed by atoms with Gasteiger partial charge in [0.1, 0.15) is 11.6 Å². The van der Waals surface area contributed by atoms with Crippen molar-refractivity contribution in [1.82, 2.24) is 0 Å². The molecule has 0 saturated carbocycles. The number of halogens is 1. The van der Waals surface area contributed by atoms with Crippen molar-refractivity contribution in [1.29, 1.82) is 0 Å². The fourth-order valence-electron chi connectivity index (χ4n) is 1.72. The molecule has 0 unspecified atom stereocenters. The summed E-state index contributed by atoms with van der Waals surface area (Å²) < 4.78 is 18.4. The minimum atomic E-state index is -1.27. The highest BCUT2D eigenvalue weighted by Crippen LogP contribution is 2.30. The van der Waals surface area contributed by atoms with Gasteiger partial charge in [0.05, 0.1) is 13.1 Å². The number of methoxy groups -OCH3 is 1. The van der Waals surface area contributed by atoms with Gasteiger partial charge in [-0.05, 0) is 35.4 Å². The molecule has 4 heteroatoms. The number of carbonyl (C=O) groups excluding carboxylic acids is 1. The Kier molecular flexibility index (Phi) is 3.28. The number of hydrogen-bond acceptors (Lipinski definition) is 3. The van der Waals surface area contributed by atoms with E-state index < -0.39 is 11.8 Å². The number of rotatable bonds is 3. The molecule has 2 aromatic rings. The summed E-state index contributed by atoms with van der Waals surface area (Å²) >= 11 is 0. The van der Waals surface area contributed by atoms with Crippen LogP contribution in [0.4, 0.5) is 4.39 Å². The number of ether oxygens (including phenoxy) is 1. The van der Waals surface area contributed by atoms with Crippen LogP contribution in [0.3, 0.4) is 0 Å². The molecule has 2 rings (SSSR count). The largest absolute Gasteiger partial charge is 0.545 e. The van der Waals surface area contributed by atoms with Gasteiger partial charge in [-0.15, -0.1) is 0 Å². The van der Waals surface area contributed by atoms with Crippen LogP contribution in [-0.4, -0.2) is 13.1 Å². The lowest BCUT2D eigenvalue weighted by atomic mass is 10.0. The third-order valence-corrected chi connectivity index (χ3v) is 2.57. The Bertz CT molecular complexity index is 593. The third kappa shape index (κ3) is 2.32. The van der Waals surface area contributed by atoms with Crippen LogP contribution >= 0.6 is 0 Å². The summed E-state index contributed by atoms with van der Waals surface area (Å²) in [4.78, 5) is 10.8. The fraction of sp³-hybridized carbons (Fsp3) is 0.0714. The zero-order valence-electron chi connectivity index (χ0n) is 9.64. The van der Waals surface area contributed by atoms with Gasteiger partial charge in [-0.3, -0.25) is 0 Å². The number of benzene rings is 2. The van der Waals surface area contributed by atoms with Crippen LogP contribution in [0.15, 0.2) is 42.5 Å². The monoisotopic (exact) mass is 245 g/mol. The van der Waals surface area contributed by atoms with Crippen molar-refractivity contribution in [2.24, 2.45) is 0 Å². The standard InChI is InChI=1S/C14H11FO3/c1-18-13-6-5-11(15)8-12(13)9-3-2-4-10(7-9)14(16)17/h2-8H,1H3,(H,16,17)/p-1. The third-order valence-electron chi connectivity index (χ3n) is 2.57. The average Bonchev–Trinajstić information content (AvgIpc) is 2.39. The maximum absolute atomic E-state index is 13.2. The number of hydrogen-bond donors (Lipinski definition) is 0. The molecule has 0 amide bonds. The highest BCUT2D eigenvalue weighted by Gasteiger charge is 2.08. The van der Waals surface area contributed by atoms with Gasteiger partial charge in [0, 0.05) is 5.56 Å². The predicted molar refractivity (Wildman–Crippen MR) is 62.7 cm³/mol. The number of aromatic carboxylic acids is 1.